The number of rotatable bonds is 4. The van der Waals surface area contributed by atoms with E-state index in [0.29, 0.717) is 5.69 Å². The molecule has 0 spiro atoms. The number of carbonyl (C=O) groups excluding carboxylic acids is 1. The summed E-state index contributed by atoms with van der Waals surface area (Å²) in [6.07, 6.45) is 3.51. The zero-order valence-electron chi connectivity index (χ0n) is 17.8. The smallest absolute Gasteiger partial charge is 0.309 e. The molecule has 1 aliphatic heterocycles. The van der Waals surface area contributed by atoms with Crippen LogP contribution >= 0.6 is 0 Å². The molecule has 3 atom stereocenters. The molecule has 0 radical (unpaired) electrons. The number of ether oxygens (including phenoxy) is 2. The topological polar surface area (TPSA) is 66.2 Å². The second-order valence-corrected chi connectivity index (χ2v) is 8.48. The molecule has 0 N–H and O–H groups in total. The lowest BCUT2D eigenvalue weighted by Crippen LogP contribution is -2.22. The van der Waals surface area contributed by atoms with Gasteiger partial charge in [0, 0.05) is 11.5 Å². The number of fused-ring (bicyclic) bond motifs is 3. The predicted octanol–water partition coefficient (Wildman–Crippen LogP) is 4.40. The molecule has 2 aromatic carbocycles. The second-order valence-electron chi connectivity index (χ2n) is 8.48. The van der Waals surface area contributed by atoms with Crippen molar-refractivity contribution in [3.05, 3.63) is 70.3 Å². The van der Waals surface area contributed by atoms with Crippen LogP contribution in [0.15, 0.2) is 36.5 Å². The van der Waals surface area contributed by atoms with Crippen molar-refractivity contribution in [3.63, 3.8) is 0 Å². The molecule has 5 rings (SSSR count). The second kappa shape index (κ2) is 7.48. The van der Waals surface area contributed by atoms with Gasteiger partial charge in [0.05, 0.1) is 17.8 Å². The van der Waals surface area contributed by atoms with Crippen LogP contribution in [-0.2, 0) is 22.6 Å². The minimum atomic E-state index is -0.296. The Balaban J connectivity index is 1.39. The van der Waals surface area contributed by atoms with Gasteiger partial charge in [0.15, 0.2) is 0 Å². The summed E-state index contributed by atoms with van der Waals surface area (Å²) in [4.78, 5) is 12.2. The van der Waals surface area contributed by atoms with Crippen molar-refractivity contribution < 1.29 is 18.7 Å². The molecular weight excluding hydrogens is 397 g/mol. The van der Waals surface area contributed by atoms with Gasteiger partial charge in [0.1, 0.15) is 30.0 Å². The Kier molecular flexibility index (Phi) is 4.76. The van der Waals surface area contributed by atoms with E-state index in [1.807, 2.05) is 13.8 Å². The number of carbonyl (C=O) groups is 1. The lowest BCUT2D eigenvalue weighted by atomic mass is 9.74. The summed E-state index contributed by atoms with van der Waals surface area (Å²) < 4.78 is 26.6. The van der Waals surface area contributed by atoms with E-state index in [2.05, 4.69) is 23.3 Å². The Hall–Kier alpha value is -3.22. The van der Waals surface area contributed by atoms with Gasteiger partial charge in [-0.2, -0.15) is 0 Å². The average molecular weight is 421 g/mol. The minimum absolute atomic E-state index is 0.0658. The van der Waals surface area contributed by atoms with Gasteiger partial charge in [0.2, 0.25) is 0 Å². The van der Waals surface area contributed by atoms with Gasteiger partial charge in [-0.3, -0.25) is 4.79 Å². The van der Waals surface area contributed by atoms with Crippen LogP contribution in [0.3, 0.4) is 0 Å². The Morgan fingerprint density at radius 1 is 1.26 bits per heavy atom. The van der Waals surface area contributed by atoms with E-state index in [-0.39, 0.29) is 36.3 Å². The average Bonchev–Trinajstić information content (AvgIpc) is 3.34. The summed E-state index contributed by atoms with van der Waals surface area (Å²) in [5.74, 6) is 0.524. The van der Waals surface area contributed by atoms with Gasteiger partial charge in [-0.25, -0.2) is 9.07 Å². The van der Waals surface area contributed by atoms with E-state index in [1.165, 1.54) is 17.7 Å². The summed E-state index contributed by atoms with van der Waals surface area (Å²) in [6.45, 7) is 6.33. The van der Waals surface area contributed by atoms with Crippen molar-refractivity contribution in [2.75, 3.05) is 0 Å². The first kappa shape index (κ1) is 19.7. The number of hydrogen-bond donors (Lipinski definition) is 0. The van der Waals surface area contributed by atoms with E-state index in [0.717, 1.165) is 41.0 Å². The highest BCUT2D eigenvalue weighted by atomic mass is 19.1. The third-order valence-corrected chi connectivity index (χ3v) is 6.59. The van der Waals surface area contributed by atoms with Crippen LogP contribution in [0.4, 0.5) is 4.39 Å². The Labute approximate surface area is 180 Å². The van der Waals surface area contributed by atoms with Crippen molar-refractivity contribution in [2.24, 2.45) is 11.8 Å². The van der Waals surface area contributed by atoms with Crippen molar-refractivity contribution in [3.8, 4) is 11.4 Å². The first-order chi connectivity index (χ1) is 14.9. The van der Waals surface area contributed by atoms with Crippen molar-refractivity contribution >= 4 is 5.97 Å². The third kappa shape index (κ3) is 3.38. The maximum Gasteiger partial charge on any atom is 0.309 e. The van der Waals surface area contributed by atoms with E-state index in [9.17, 15) is 9.18 Å². The molecule has 1 saturated heterocycles. The molecule has 0 amide bonds. The highest BCUT2D eigenvalue weighted by Crippen LogP contribution is 2.49. The summed E-state index contributed by atoms with van der Waals surface area (Å²) in [5.41, 5.74) is 5.94. The largest absolute Gasteiger partial charge is 0.487 e. The van der Waals surface area contributed by atoms with Gasteiger partial charge in [-0.1, -0.05) is 12.1 Å². The van der Waals surface area contributed by atoms with Gasteiger partial charge in [0.25, 0.3) is 0 Å². The maximum absolute atomic E-state index is 13.1. The first-order valence-electron chi connectivity index (χ1n) is 10.6. The zero-order valence-corrected chi connectivity index (χ0v) is 17.8. The molecule has 0 bridgehead atoms. The molecule has 1 aromatic heterocycles. The quantitative estimate of drug-likeness (QED) is 0.584. The molecule has 31 heavy (non-hydrogen) atoms. The Morgan fingerprint density at radius 2 is 2.03 bits per heavy atom. The maximum atomic E-state index is 13.1. The number of aryl methyl sites for hydroxylation is 1. The molecule has 1 fully saturated rings. The third-order valence-electron chi connectivity index (χ3n) is 6.59. The Bertz CT molecular complexity index is 1160. The zero-order chi connectivity index (χ0) is 21.7. The molecule has 3 aromatic rings. The highest BCUT2D eigenvalue weighted by Gasteiger charge is 2.46. The molecule has 2 aliphatic rings. The molecule has 1 aliphatic carbocycles. The van der Waals surface area contributed by atoms with Crippen molar-refractivity contribution in [1.82, 2.24) is 15.0 Å². The summed E-state index contributed by atoms with van der Waals surface area (Å²) in [6, 6.07) is 8.11. The fraction of sp³-hybridized carbons (Fsp3) is 0.375. The summed E-state index contributed by atoms with van der Waals surface area (Å²) >= 11 is 0. The van der Waals surface area contributed by atoms with Crippen LogP contribution in [-0.4, -0.2) is 21.0 Å². The van der Waals surface area contributed by atoms with Crippen molar-refractivity contribution in [2.45, 2.75) is 46.3 Å². The van der Waals surface area contributed by atoms with E-state index in [4.69, 9.17) is 9.47 Å². The molecule has 3 unspecified atom stereocenters. The van der Waals surface area contributed by atoms with Crippen LogP contribution in [0, 0.1) is 31.5 Å². The van der Waals surface area contributed by atoms with Crippen LogP contribution < -0.4 is 4.74 Å². The number of hydrogen-bond acceptors (Lipinski definition) is 5. The number of aromatic nitrogens is 3. The normalized spacial score (nSPS) is 22.1. The fourth-order valence-electron chi connectivity index (χ4n) is 4.81. The minimum Gasteiger partial charge on any atom is -0.487 e. The van der Waals surface area contributed by atoms with E-state index < -0.39 is 0 Å². The summed E-state index contributed by atoms with van der Waals surface area (Å²) in [5, 5.41) is 8.27. The van der Waals surface area contributed by atoms with Crippen LogP contribution in [0.5, 0.6) is 5.75 Å². The van der Waals surface area contributed by atoms with Crippen LogP contribution in [0.1, 0.15) is 47.4 Å². The number of esters is 1. The van der Waals surface area contributed by atoms with E-state index in [1.54, 1.807) is 23.0 Å². The molecule has 2 heterocycles. The van der Waals surface area contributed by atoms with Crippen LogP contribution in [0.25, 0.3) is 5.69 Å². The van der Waals surface area contributed by atoms with Crippen LogP contribution in [0.2, 0.25) is 0 Å². The Morgan fingerprint density at radius 3 is 2.81 bits per heavy atom. The standard InChI is InChI=1S/C24H24FN3O3/c1-13-10-21(15(3)22-19(13)8-9-20-14(2)24(29)31-23(20)22)30-12-17-11-28(27-26-17)18-6-4-16(25)5-7-18/h4-7,10-11,14,20,23H,8-9,12H2,1-3H3. The van der Waals surface area contributed by atoms with E-state index >= 15 is 0 Å². The van der Waals surface area contributed by atoms with Gasteiger partial charge < -0.3 is 9.47 Å². The first-order valence-corrected chi connectivity index (χ1v) is 10.6. The molecule has 0 saturated carbocycles. The SMILES string of the molecule is Cc1cc(OCc2cn(-c3ccc(F)cc3)nn2)c(C)c2c1CCC1C(C)C(=O)OC21. The van der Waals surface area contributed by atoms with Gasteiger partial charge >= 0.3 is 5.97 Å². The highest BCUT2D eigenvalue weighted by molar-refractivity contribution is 5.76. The molecule has 160 valence electrons. The van der Waals surface area contributed by atoms with Gasteiger partial charge in [-0.15, -0.1) is 5.10 Å². The molecule has 7 heteroatoms. The monoisotopic (exact) mass is 421 g/mol. The molecular formula is C24H24FN3O3. The molecule has 6 nitrogen and oxygen atoms in total. The van der Waals surface area contributed by atoms with Crippen molar-refractivity contribution in [1.29, 1.82) is 0 Å². The lowest BCUT2D eigenvalue weighted by Gasteiger charge is -2.31. The van der Waals surface area contributed by atoms with Gasteiger partial charge in [-0.05, 0) is 73.7 Å². The fourth-order valence-corrected chi connectivity index (χ4v) is 4.81. The predicted molar refractivity (Wildman–Crippen MR) is 111 cm³/mol. The number of halogens is 1. The lowest BCUT2D eigenvalue weighted by molar-refractivity contribution is -0.144. The summed E-state index contributed by atoms with van der Waals surface area (Å²) in [7, 11) is 0. The number of benzene rings is 2. The number of nitrogens with zero attached hydrogens (tertiary/aromatic N) is 3.